The molecule has 0 amide bonds. The van der Waals surface area contributed by atoms with E-state index in [4.69, 9.17) is 10.6 Å². The van der Waals surface area contributed by atoms with E-state index in [9.17, 15) is 4.39 Å². The highest BCUT2D eigenvalue weighted by Crippen LogP contribution is 2.31. The minimum atomic E-state index is -0.333. The van der Waals surface area contributed by atoms with Crippen molar-refractivity contribution in [3.63, 3.8) is 0 Å². The summed E-state index contributed by atoms with van der Waals surface area (Å²) in [5.74, 6) is 6.12. The number of hydrazine groups is 1. The number of benzene rings is 2. The largest absolute Gasteiger partial charge is 0.493 e. The Labute approximate surface area is 132 Å². The molecule has 0 aromatic heterocycles. The Hall–Kier alpha value is -1.43. The molecule has 2 aromatic rings. The van der Waals surface area contributed by atoms with Crippen LogP contribution in [-0.2, 0) is 0 Å². The van der Waals surface area contributed by atoms with Crippen LogP contribution in [-0.4, -0.2) is 6.61 Å². The minimum absolute atomic E-state index is 0.320. The van der Waals surface area contributed by atoms with E-state index in [2.05, 4.69) is 21.4 Å². The zero-order valence-electron chi connectivity index (χ0n) is 11.8. The summed E-state index contributed by atoms with van der Waals surface area (Å²) in [4.78, 5) is 0. The van der Waals surface area contributed by atoms with E-state index in [1.165, 1.54) is 6.07 Å². The molecule has 2 aromatic carbocycles. The van der Waals surface area contributed by atoms with Gasteiger partial charge in [-0.2, -0.15) is 0 Å². The summed E-state index contributed by atoms with van der Waals surface area (Å²) in [6.07, 6.45) is 0.919. The molecule has 0 bridgehead atoms. The summed E-state index contributed by atoms with van der Waals surface area (Å²) in [7, 11) is 0. The third kappa shape index (κ3) is 3.81. The van der Waals surface area contributed by atoms with Gasteiger partial charge in [-0.1, -0.05) is 31.2 Å². The van der Waals surface area contributed by atoms with Gasteiger partial charge in [0.1, 0.15) is 11.6 Å². The molecule has 3 nitrogen and oxygen atoms in total. The van der Waals surface area contributed by atoms with Crippen LogP contribution in [0.5, 0.6) is 5.75 Å². The lowest BCUT2D eigenvalue weighted by molar-refractivity contribution is 0.311. The van der Waals surface area contributed by atoms with Crippen molar-refractivity contribution in [1.29, 1.82) is 0 Å². The van der Waals surface area contributed by atoms with E-state index in [0.29, 0.717) is 11.1 Å². The molecule has 5 heteroatoms. The Bertz CT molecular complexity index is 607. The topological polar surface area (TPSA) is 47.3 Å². The van der Waals surface area contributed by atoms with Crippen molar-refractivity contribution >= 4 is 15.9 Å². The van der Waals surface area contributed by atoms with Gasteiger partial charge in [0, 0.05) is 5.56 Å². The molecule has 21 heavy (non-hydrogen) atoms. The lowest BCUT2D eigenvalue weighted by Gasteiger charge is -2.20. The standard InChI is InChI=1S/C16H18BrFN2O/c1-2-9-21-15-6-4-3-5-12(15)16(20-19)11-7-8-13(17)14(18)10-11/h3-8,10,16,20H,2,9,19H2,1H3. The van der Waals surface area contributed by atoms with Crippen LogP contribution in [0.15, 0.2) is 46.9 Å². The van der Waals surface area contributed by atoms with Crippen LogP contribution in [0.4, 0.5) is 4.39 Å². The van der Waals surface area contributed by atoms with Gasteiger partial charge in [-0.05, 0) is 46.1 Å². The molecule has 0 spiro atoms. The first kappa shape index (κ1) is 15.9. The van der Waals surface area contributed by atoms with Crippen LogP contribution >= 0.6 is 15.9 Å². The van der Waals surface area contributed by atoms with Gasteiger partial charge in [0.2, 0.25) is 0 Å². The van der Waals surface area contributed by atoms with Gasteiger partial charge in [-0.3, -0.25) is 5.84 Å². The van der Waals surface area contributed by atoms with Gasteiger partial charge < -0.3 is 4.74 Å². The highest BCUT2D eigenvalue weighted by molar-refractivity contribution is 9.10. The first-order valence-electron chi connectivity index (χ1n) is 6.80. The van der Waals surface area contributed by atoms with Gasteiger partial charge in [-0.15, -0.1) is 0 Å². The van der Waals surface area contributed by atoms with E-state index >= 15 is 0 Å². The molecule has 3 N–H and O–H groups in total. The van der Waals surface area contributed by atoms with Crippen molar-refractivity contribution in [2.24, 2.45) is 5.84 Å². The smallest absolute Gasteiger partial charge is 0.137 e. The maximum atomic E-state index is 13.7. The first-order chi connectivity index (χ1) is 10.2. The zero-order chi connectivity index (χ0) is 15.2. The van der Waals surface area contributed by atoms with Crippen molar-refractivity contribution in [3.05, 3.63) is 63.9 Å². The predicted octanol–water partition coefficient (Wildman–Crippen LogP) is 3.93. The maximum Gasteiger partial charge on any atom is 0.137 e. The Morgan fingerprint density at radius 3 is 2.71 bits per heavy atom. The number of nitrogens with two attached hydrogens (primary N) is 1. The zero-order valence-corrected chi connectivity index (χ0v) is 13.4. The van der Waals surface area contributed by atoms with Crippen molar-refractivity contribution in [1.82, 2.24) is 5.43 Å². The summed E-state index contributed by atoms with van der Waals surface area (Å²) in [6, 6.07) is 12.3. The first-order valence-corrected chi connectivity index (χ1v) is 7.59. The minimum Gasteiger partial charge on any atom is -0.493 e. The van der Waals surface area contributed by atoms with Crippen molar-refractivity contribution < 1.29 is 9.13 Å². The van der Waals surface area contributed by atoms with E-state index < -0.39 is 0 Å². The predicted molar refractivity (Wildman–Crippen MR) is 85.5 cm³/mol. The van der Waals surface area contributed by atoms with Crippen molar-refractivity contribution in [2.75, 3.05) is 6.61 Å². The molecule has 1 unspecified atom stereocenters. The molecule has 0 saturated heterocycles. The van der Waals surface area contributed by atoms with E-state index in [-0.39, 0.29) is 11.9 Å². The second-order valence-electron chi connectivity index (χ2n) is 4.66. The second-order valence-corrected chi connectivity index (χ2v) is 5.51. The van der Waals surface area contributed by atoms with Gasteiger partial charge in [-0.25, -0.2) is 9.82 Å². The van der Waals surface area contributed by atoms with E-state index in [0.717, 1.165) is 23.3 Å². The molecule has 0 fully saturated rings. The number of para-hydroxylation sites is 1. The number of halogens is 2. The molecular weight excluding hydrogens is 335 g/mol. The lowest BCUT2D eigenvalue weighted by Crippen LogP contribution is -2.29. The van der Waals surface area contributed by atoms with E-state index in [1.807, 2.05) is 37.3 Å². The van der Waals surface area contributed by atoms with Crippen LogP contribution in [0, 0.1) is 5.82 Å². The molecule has 0 heterocycles. The number of rotatable bonds is 6. The Morgan fingerprint density at radius 1 is 1.29 bits per heavy atom. The SMILES string of the molecule is CCCOc1ccccc1C(NN)c1ccc(Br)c(F)c1. The highest BCUT2D eigenvalue weighted by atomic mass is 79.9. The molecule has 0 radical (unpaired) electrons. The number of ether oxygens (including phenoxy) is 1. The van der Waals surface area contributed by atoms with E-state index in [1.54, 1.807) is 6.07 Å². The summed E-state index contributed by atoms with van der Waals surface area (Å²) < 4.78 is 19.9. The van der Waals surface area contributed by atoms with Gasteiger partial charge in [0.05, 0.1) is 17.1 Å². The molecule has 0 aliphatic rings. The van der Waals surface area contributed by atoms with Gasteiger partial charge in [0.15, 0.2) is 0 Å². The molecule has 0 aliphatic carbocycles. The highest BCUT2D eigenvalue weighted by Gasteiger charge is 2.18. The summed E-state index contributed by atoms with van der Waals surface area (Å²) >= 11 is 3.15. The monoisotopic (exact) mass is 352 g/mol. The average Bonchev–Trinajstić information content (AvgIpc) is 2.50. The summed E-state index contributed by atoms with van der Waals surface area (Å²) in [5, 5.41) is 0. The third-order valence-electron chi connectivity index (χ3n) is 3.14. The van der Waals surface area contributed by atoms with Crippen LogP contribution in [0.3, 0.4) is 0 Å². The molecule has 2 rings (SSSR count). The molecule has 112 valence electrons. The van der Waals surface area contributed by atoms with Gasteiger partial charge in [0.25, 0.3) is 0 Å². The normalized spacial score (nSPS) is 12.2. The van der Waals surface area contributed by atoms with Gasteiger partial charge >= 0.3 is 0 Å². The van der Waals surface area contributed by atoms with Crippen LogP contribution in [0.1, 0.15) is 30.5 Å². The van der Waals surface area contributed by atoms with Crippen LogP contribution in [0.25, 0.3) is 0 Å². The van der Waals surface area contributed by atoms with Crippen molar-refractivity contribution in [3.8, 4) is 5.75 Å². The molecule has 1 atom stereocenters. The second kappa shape index (κ2) is 7.54. The fourth-order valence-corrected chi connectivity index (χ4v) is 2.37. The number of hydrogen-bond acceptors (Lipinski definition) is 3. The molecule has 0 aliphatic heterocycles. The molecular formula is C16H18BrFN2O. The average molecular weight is 353 g/mol. The fraction of sp³-hybridized carbons (Fsp3) is 0.250. The Balaban J connectivity index is 2.38. The maximum absolute atomic E-state index is 13.7. The fourth-order valence-electron chi connectivity index (χ4n) is 2.12. The Kier molecular flexibility index (Phi) is 5.73. The van der Waals surface area contributed by atoms with Crippen LogP contribution in [0.2, 0.25) is 0 Å². The summed E-state index contributed by atoms with van der Waals surface area (Å²) in [6.45, 7) is 2.67. The number of nitrogens with one attached hydrogen (secondary N) is 1. The van der Waals surface area contributed by atoms with Crippen molar-refractivity contribution in [2.45, 2.75) is 19.4 Å². The summed E-state index contributed by atoms with van der Waals surface area (Å²) in [5.41, 5.74) is 4.36. The van der Waals surface area contributed by atoms with Crippen LogP contribution < -0.4 is 16.0 Å². The third-order valence-corrected chi connectivity index (χ3v) is 3.78. The number of hydrogen-bond donors (Lipinski definition) is 2. The molecule has 0 saturated carbocycles. The quantitative estimate of drug-likeness (QED) is 0.611. The Morgan fingerprint density at radius 2 is 2.05 bits per heavy atom. The lowest BCUT2D eigenvalue weighted by atomic mass is 9.98.